The molecule has 4 bridgehead atoms. The maximum atomic E-state index is 12.7. The fraction of sp³-hybridized carbons (Fsp3) is 0.682. The lowest BCUT2D eigenvalue weighted by atomic mass is 9.51. The average molecular weight is 341 g/mol. The Bertz CT molecular complexity index is 557. The first-order valence-electron chi connectivity index (χ1n) is 10.1. The Kier molecular flexibility index (Phi) is 5.12. The van der Waals surface area contributed by atoms with E-state index in [2.05, 4.69) is 24.4 Å². The lowest BCUT2D eigenvalue weighted by Gasteiger charge is -2.53. The van der Waals surface area contributed by atoms with Crippen LogP contribution in [0.2, 0.25) is 0 Å². The van der Waals surface area contributed by atoms with Crippen molar-refractivity contribution in [3.05, 3.63) is 35.9 Å². The van der Waals surface area contributed by atoms with Gasteiger partial charge in [-0.15, -0.1) is 0 Å². The zero-order valence-electron chi connectivity index (χ0n) is 15.3. The highest BCUT2D eigenvalue weighted by Crippen LogP contribution is 2.56. The molecule has 1 aromatic carbocycles. The van der Waals surface area contributed by atoms with Gasteiger partial charge in [-0.3, -0.25) is 4.79 Å². The highest BCUT2D eigenvalue weighted by Gasteiger charge is 2.50. The molecule has 1 aromatic rings. The first-order valence-corrected chi connectivity index (χ1v) is 10.1. The molecule has 4 saturated carbocycles. The van der Waals surface area contributed by atoms with E-state index in [1.54, 1.807) is 0 Å². The standard InChI is InChI=1S/C22H31NO2/c1-15(18-6-3-2-4-7-18)25-9-5-8-23-22(24)21-19-11-16-10-17(13-19)14-20(21)12-16/h2-4,6-7,15-17,19-21H,5,8-14H2,1H3,(H,23,24). The van der Waals surface area contributed by atoms with E-state index in [1.807, 2.05) is 18.2 Å². The normalized spacial score (nSPS) is 34.0. The van der Waals surface area contributed by atoms with E-state index in [0.717, 1.165) is 24.8 Å². The van der Waals surface area contributed by atoms with Crippen LogP contribution in [0.4, 0.5) is 0 Å². The molecule has 4 fully saturated rings. The monoisotopic (exact) mass is 341 g/mol. The van der Waals surface area contributed by atoms with E-state index in [0.29, 0.717) is 30.3 Å². The molecule has 25 heavy (non-hydrogen) atoms. The van der Waals surface area contributed by atoms with Gasteiger partial charge in [0.15, 0.2) is 0 Å². The van der Waals surface area contributed by atoms with Crippen LogP contribution in [0.1, 0.15) is 57.1 Å². The van der Waals surface area contributed by atoms with Gasteiger partial charge in [-0.2, -0.15) is 0 Å². The maximum Gasteiger partial charge on any atom is 0.223 e. The van der Waals surface area contributed by atoms with Crippen molar-refractivity contribution < 1.29 is 9.53 Å². The smallest absolute Gasteiger partial charge is 0.223 e. The highest BCUT2D eigenvalue weighted by molar-refractivity contribution is 5.79. The minimum atomic E-state index is 0.112. The number of nitrogens with one attached hydrogen (secondary N) is 1. The Balaban J connectivity index is 1.17. The number of ether oxygens (including phenoxy) is 1. The van der Waals surface area contributed by atoms with Crippen molar-refractivity contribution in [2.45, 2.75) is 51.6 Å². The molecule has 136 valence electrons. The van der Waals surface area contributed by atoms with E-state index in [4.69, 9.17) is 4.74 Å². The summed E-state index contributed by atoms with van der Waals surface area (Å²) in [5, 5.41) is 3.21. The second kappa shape index (κ2) is 7.49. The van der Waals surface area contributed by atoms with Crippen molar-refractivity contribution >= 4 is 5.91 Å². The molecule has 1 unspecified atom stereocenters. The number of carbonyl (C=O) groups excluding carboxylic acids is 1. The maximum absolute atomic E-state index is 12.7. The highest BCUT2D eigenvalue weighted by atomic mass is 16.5. The number of carbonyl (C=O) groups is 1. The van der Waals surface area contributed by atoms with E-state index < -0.39 is 0 Å². The molecule has 0 spiro atoms. The summed E-state index contributed by atoms with van der Waals surface area (Å²) in [7, 11) is 0. The zero-order chi connectivity index (χ0) is 17.2. The van der Waals surface area contributed by atoms with E-state index >= 15 is 0 Å². The van der Waals surface area contributed by atoms with E-state index in [-0.39, 0.29) is 6.10 Å². The van der Waals surface area contributed by atoms with Gasteiger partial charge in [0.1, 0.15) is 0 Å². The van der Waals surface area contributed by atoms with Crippen LogP contribution in [0.15, 0.2) is 30.3 Å². The van der Waals surface area contributed by atoms with Crippen molar-refractivity contribution in [1.82, 2.24) is 5.32 Å². The van der Waals surface area contributed by atoms with Crippen molar-refractivity contribution in [3.8, 4) is 0 Å². The van der Waals surface area contributed by atoms with Crippen LogP contribution in [-0.2, 0) is 9.53 Å². The molecule has 0 aromatic heterocycles. The predicted octanol–water partition coefficient (Wildman–Crippen LogP) is 4.34. The Morgan fingerprint density at radius 3 is 2.36 bits per heavy atom. The van der Waals surface area contributed by atoms with Gasteiger partial charge in [0.25, 0.3) is 0 Å². The molecule has 4 aliphatic rings. The van der Waals surface area contributed by atoms with Crippen LogP contribution in [0.5, 0.6) is 0 Å². The van der Waals surface area contributed by atoms with Crippen LogP contribution in [0.25, 0.3) is 0 Å². The Morgan fingerprint density at radius 1 is 1.08 bits per heavy atom. The molecular weight excluding hydrogens is 310 g/mol. The SMILES string of the molecule is CC(OCCCNC(=O)C1C2CC3CC(C2)CC1C3)c1ccccc1. The molecule has 0 heterocycles. The predicted molar refractivity (Wildman–Crippen MR) is 99.0 cm³/mol. The fourth-order valence-corrected chi connectivity index (χ4v) is 5.84. The van der Waals surface area contributed by atoms with Crippen LogP contribution in [0, 0.1) is 29.6 Å². The summed E-state index contributed by atoms with van der Waals surface area (Å²) in [5.74, 6) is 3.83. The molecule has 0 saturated heterocycles. The first kappa shape index (κ1) is 17.1. The number of benzene rings is 1. The van der Waals surface area contributed by atoms with Crippen LogP contribution < -0.4 is 5.32 Å². The van der Waals surface area contributed by atoms with E-state index in [1.165, 1.54) is 37.7 Å². The molecule has 3 heteroatoms. The molecular formula is C22H31NO2. The van der Waals surface area contributed by atoms with Gasteiger partial charge in [0, 0.05) is 19.1 Å². The average Bonchev–Trinajstić information content (AvgIpc) is 2.61. The summed E-state index contributed by atoms with van der Waals surface area (Å²) < 4.78 is 5.90. The molecule has 4 aliphatic carbocycles. The topological polar surface area (TPSA) is 38.3 Å². The summed E-state index contributed by atoms with van der Waals surface area (Å²) in [6.07, 6.45) is 7.67. The van der Waals surface area contributed by atoms with Crippen LogP contribution in [-0.4, -0.2) is 19.1 Å². The summed E-state index contributed by atoms with van der Waals surface area (Å²) >= 11 is 0. The molecule has 0 radical (unpaired) electrons. The number of hydrogen-bond acceptors (Lipinski definition) is 2. The Hall–Kier alpha value is -1.35. The molecule has 3 nitrogen and oxygen atoms in total. The lowest BCUT2D eigenvalue weighted by Crippen LogP contribution is -2.51. The van der Waals surface area contributed by atoms with Crippen molar-refractivity contribution in [1.29, 1.82) is 0 Å². The third kappa shape index (κ3) is 3.76. The number of hydrogen-bond donors (Lipinski definition) is 1. The van der Waals surface area contributed by atoms with Gasteiger partial charge in [-0.25, -0.2) is 0 Å². The minimum absolute atomic E-state index is 0.112. The Labute approximate surface area is 151 Å². The van der Waals surface area contributed by atoms with E-state index in [9.17, 15) is 4.79 Å². The fourth-order valence-electron chi connectivity index (χ4n) is 5.84. The number of rotatable bonds is 7. The lowest BCUT2D eigenvalue weighted by molar-refractivity contribution is -0.138. The minimum Gasteiger partial charge on any atom is -0.374 e. The van der Waals surface area contributed by atoms with Gasteiger partial charge >= 0.3 is 0 Å². The first-order chi connectivity index (χ1) is 12.2. The third-order valence-corrected chi connectivity index (χ3v) is 6.79. The van der Waals surface area contributed by atoms with Crippen molar-refractivity contribution in [2.24, 2.45) is 29.6 Å². The third-order valence-electron chi connectivity index (χ3n) is 6.79. The van der Waals surface area contributed by atoms with Crippen molar-refractivity contribution in [2.75, 3.05) is 13.2 Å². The second-order valence-electron chi connectivity index (χ2n) is 8.52. The van der Waals surface area contributed by atoms with Crippen LogP contribution in [0.3, 0.4) is 0 Å². The molecule has 0 aliphatic heterocycles. The van der Waals surface area contributed by atoms with Crippen LogP contribution >= 0.6 is 0 Å². The quantitative estimate of drug-likeness (QED) is 0.749. The van der Waals surface area contributed by atoms with Gasteiger partial charge in [-0.1, -0.05) is 30.3 Å². The van der Waals surface area contributed by atoms with Gasteiger partial charge in [-0.05, 0) is 74.7 Å². The van der Waals surface area contributed by atoms with Gasteiger partial charge in [0.2, 0.25) is 5.91 Å². The molecule has 5 rings (SSSR count). The summed E-state index contributed by atoms with van der Waals surface area (Å²) in [4.78, 5) is 12.7. The molecule has 1 atom stereocenters. The molecule has 1 N–H and O–H groups in total. The summed E-state index contributed by atoms with van der Waals surface area (Å²) in [6.45, 7) is 3.52. The summed E-state index contributed by atoms with van der Waals surface area (Å²) in [5.41, 5.74) is 1.21. The summed E-state index contributed by atoms with van der Waals surface area (Å²) in [6, 6.07) is 10.3. The van der Waals surface area contributed by atoms with Crippen molar-refractivity contribution in [3.63, 3.8) is 0 Å². The Morgan fingerprint density at radius 2 is 1.72 bits per heavy atom. The van der Waals surface area contributed by atoms with Gasteiger partial charge in [0.05, 0.1) is 6.10 Å². The zero-order valence-corrected chi connectivity index (χ0v) is 15.3. The number of amides is 1. The largest absolute Gasteiger partial charge is 0.374 e. The molecule has 1 amide bonds. The van der Waals surface area contributed by atoms with Gasteiger partial charge < -0.3 is 10.1 Å². The second-order valence-corrected chi connectivity index (χ2v) is 8.52.